The molecule has 144 valence electrons. The van der Waals surface area contributed by atoms with Crippen LogP contribution in [0.4, 0.5) is 13.2 Å². The molecule has 0 aromatic carbocycles. The van der Waals surface area contributed by atoms with Crippen molar-refractivity contribution in [3.63, 3.8) is 0 Å². The van der Waals surface area contributed by atoms with Crippen molar-refractivity contribution in [2.24, 2.45) is 34.5 Å². The van der Waals surface area contributed by atoms with E-state index in [0.717, 1.165) is 12.0 Å². The summed E-state index contributed by atoms with van der Waals surface area (Å²) in [6, 6.07) is 0. The molecule has 0 aliphatic heterocycles. The molecule has 0 amide bonds. The highest BCUT2D eigenvalue weighted by atomic mass is 19.4. The molecule has 4 aliphatic carbocycles. The number of fused-ring (bicyclic) bond motifs is 5. The topological polar surface area (TPSA) is 37.3 Å². The summed E-state index contributed by atoms with van der Waals surface area (Å²) < 4.78 is 41.3. The molecule has 3 fully saturated rings. The van der Waals surface area contributed by atoms with Gasteiger partial charge in [-0.1, -0.05) is 32.4 Å². The Morgan fingerprint density at radius 3 is 2.46 bits per heavy atom. The van der Waals surface area contributed by atoms with E-state index in [9.17, 15) is 23.1 Å². The van der Waals surface area contributed by atoms with Crippen LogP contribution in [0.15, 0.2) is 23.8 Å². The fourth-order valence-corrected chi connectivity index (χ4v) is 7.03. The highest BCUT2D eigenvalue weighted by molar-refractivity contribution is 6.01. The summed E-state index contributed by atoms with van der Waals surface area (Å²) in [6.07, 6.45) is 2.78. The monoisotopic (exact) mass is 368 g/mol. The summed E-state index contributed by atoms with van der Waals surface area (Å²) in [4.78, 5) is 11.8. The molecule has 3 saturated carbocycles. The van der Waals surface area contributed by atoms with Gasteiger partial charge in [0.25, 0.3) is 0 Å². The van der Waals surface area contributed by atoms with Crippen molar-refractivity contribution in [1.29, 1.82) is 0 Å². The minimum absolute atomic E-state index is 0.0103. The molecule has 5 heteroatoms. The van der Waals surface area contributed by atoms with E-state index >= 15 is 0 Å². The van der Waals surface area contributed by atoms with Crippen molar-refractivity contribution in [2.75, 3.05) is 0 Å². The fourth-order valence-electron chi connectivity index (χ4n) is 7.03. The van der Waals surface area contributed by atoms with Crippen LogP contribution in [0.1, 0.15) is 52.9 Å². The second-order valence-electron chi connectivity index (χ2n) is 9.51. The maximum Gasteiger partial charge on any atom is 0.417 e. The molecular weight excluding hydrogens is 341 g/mol. The predicted molar refractivity (Wildman–Crippen MR) is 92.2 cm³/mol. The van der Waals surface area contributed by atoms with Crippen molar-refractivity contribution in [3.8, 4) is 0 Å². The van der Waals surface area contributed by atoms with E-state index in [1.54, 1.807) is 19.1 Å². The van der Waals surface area contributed by atoms with E-state index in [0.29, 0.717) is 19.3 Å². The average Bonchev–Trinajstić information content (AvgIpc) is 2.82. The molecule has 4 rings (SSSR count). The summed E-state index contributed by atoms with van der Waals surface area (Å²) in [5.74, 6) is 0.475. The van der Waals surface area contributed by atoms with Crippen LogP contribution in [0.25, 0.3) is 0 Å². The second-order valence-corrected chi connectivity index (χ2v) is 9.51. The third-order valence-corrected chi connectivity index (χ3v) is 8.52. The van der Waals surface area contributed by atoms with Gasteiger partial charge in [0.15, 0.2) is 11.4 Å². The molecule has 0 spiro atoms. The molecule has 0 saturated heterocycles. The number of allylic oxidation sites excluding steroid dienone is 4. The van der Waals surface area contributed by atoms with Gasteiger partial charge in [-0.2, -0.15) is 13.2 Å². The highest BCUT2D eigenvalue weighted by Crippen LogP contribution is 2.70. The van der Waals surface area contributed by atoms with Gasteiger partial charge < -0.3 is 5.11 Å². The van der Waals surface area contributed by atoms with Gasteiger partial charge in [0.2, 0.25) is 0 Å². The zero-order valence-electron chi connectivity index (χ0n) is 15.6. The Hall–Kier alpha value is -1.10. The Bertz CT molecular complexity index is 709. The zero-order valence-corrected chi connectivity index (χ0v) is 15.6. The molecule has 2 nitrogen and oxygen atoms in total. The summed E-state index contributed by atoms with van der Waals surface area (Å²) in [5, 5.41) is 10.7. The molecule has 4 aliphatic rings. The van der Waals surface area contributed by atoms with Crippen molar-refractivity contribution in [1.82, 2.24) is 0 Å². The summed E-state index contributed by atoms with van der Waals surface area (Å²) >= 11 is 0. The van der Waals surface area contributed by atoms with Gasteiger partial charge >= 0.3 is 6.18 Å². The zero-order chi connectivity index (χ0) is 19.1. The minimum Gasteiger partial charge on any atom is -0.380 e. The quantitative estimate of drug-likeness (QED) is 0.665. The van der Waals surface area contributed by atoms with Gasteiger partial charge in [0.1, 0.15) is 0 Å². The molecule has 1 unspecified atom stereocenters. The van der Waals surface area contributed by atoms with Crippen LogP contribution in [0, 0.1) is 34.5 Å². The van der Waals surface area contributed by atoms with E-state index in [2.05, 4.69) is 13.8 Å². The Morgan fingerprint density at radius 1 is 1.15 bits per heavy atom. The van der Waals surface area contributed by atoms with Gasteiger partial charge in [0.05, 0.1) is 0 Å². The largest absolute Gasteiger partial charge is 0.417 e. The molecule has 0 bridgehead atoms. The van der Waals surface area contributed by atoms with Crippen molar-refractivity contribution in [2.45, 2.75) is 64.7 Å². The van der Waals surface area contributed by atoms with Gasteiger partial charge in [-0.3, -0.25) is 4.79 Å². The SMILES string of the molecule is CC1CC2=CC(=O)C=C[C@]2(C)[C@H]2CC[C@@]3(C)[C@@H](CC[C@@]3(O)C(F)(F)F)[C@H]12. The lowest BCUT2D eigenvalue weighted by molar-refractivity contribution is -0.303. The molecule has 0 heterocycles. The number of carbonyl (C=O) groups excluding carboxylic acids is 1. The molecule has 26 heavy (non-hydrogen) atoms. The first-order valence-corrected chi connectivity index (χ1v) is 9.67. The minimum atomic E-state index is -4.59. The van der Waals surface area contributed by atoms with E-state index in [4.69, 9.17) is 0 Å². The smallest absolute Gasteiger partial charge is 0.380 e. The molecule has 7 atom stereocenters. The van der Waals surface area contributed by atoms with Crippen LogP contribution >= 0.6 is 0 Å². The third-order valence-electron chi connectivity index (χ3n) is 8.52. The lowest BCUT2D eigenvalue weighted by atomic mass is 9.45. The third kappa shape index (κ3) is 2.07. The second kappa shape index (κ2) is 5.24. The molecule has 0 radical (unpaired) electrons. The molecule has 0 aromatic rings. The molecule has 1 N–H and O–H groups in total. The fraction of sp³-hybridized carbons (Fsp3) is 0.762. The normalized spacial score (nSPS) is 50.7. The van der Waals surface area contributed by atoms with Crippen molar-refractivity contribution < 1.29 is 23.1 Å². The predicted octanol–water partition coefficient (Wildman–Crippen LogP) is 4.83. The number of hydrogen-bond acceptors (Lipinski definition) is 2. The number of aliphatic hydroxyl groups is 1. The van der Waals surface area contributed by atoms with Gasteiger partial charge in [-0.05, 0) is 67.9 Å². The number of carbonyl (C=O) groups is 1. The standard InChI is InChI=1S/C21H27F3O2/c1-12-10-13-11-14(25)4-7-18(13,2)15-5-8-19(3)16(17(12)15)6-9-20(19,26)21(22,23)24/h4,7,11-12,15-17,26H,5-6,8-10H2,1-3H3/t12?,15-,16-,17+,18-,19-,20-/m0/s1. The van der Waals surface area contributed by atoms with Crippen LogP contribution in [-0.2, 0) is 4.79 Å². The number of hydrogen-bond donors (Lipinski definition) is 1. The number of halogens is 3. The molecular formula is C21H27F3O2. The van der Waals surface area contributed by atoms with E-state index < -0.39 is 17.2 Å². The van der Waals surface area contributed by atoms with Crippen LogP contribution in [0.2, 0.25) is 0 Å². The Kier molecular flexibility index (Phi) is 3.68. The number of rotatable bonds is 0. The first-order valence-electron chi connectivity index (χ1n) is 9.67. The number of ketones is 1. The van der Waals surface area contributed by atoms with Crippen LogP contribution in [-0.4, -0.2) is 22.7 Å². The van der Waals surface area contributed by atoms with Crippen LogP contribution in [0.3, 0.4) is 0 Å². The summed E-state index contributed by atoms with van der Waals surface area (Å²) in [6.45, 7) is 5.91. The van der Waals surface area contributed by atoms with Gasteiger partial charge in [0, 0.05) is 10.8 Å². The first kappa shape index (κ1) is 18.3. The maximum atomic E-state index is 13.8. The Balaban J connectivity index is 1.75. The van der Waals surface area contributed by atoms with Crippen LogP contribution in [0.5, 0.6) is 0 Å². The molecule has 0 aromatic heterocycles. The number of alkyl halides is 3. The first-order chi connectivity index (χ1) is 11.9. The van der Waals surface area contributed by atoms with Crippen molar-refractivity contribution in [3.05, 3.63) is 23.8 Å². The maximum absolute atomic E-state index is 13.8. The average molecular weight is 368 g/mol. The van der Waals surface area contributed by atoms with Gasteiger partial charge in [-0.15, -0.1) is 0 Å². The Morgan fingerprint density at radius 2 is 1.81 bits per heavy atom. The lowest BCUT2D eigenvalue weighted by Crippen LogP contribution is -2.60. The van der Waals surface area contributed by atoms with Gasteiger partial charge in [-0.25, -0.2) is 0 Å². The summed E-state index contributed by atoms with van der Waals surface area (Å²) in [7, 11) is 0. The summed E-state index contributed by atoms with van der Waals surface area (Å²) in [5.41, 5.74) is -2.81. The lowest BCUT2D eigenvalue weighted by Gasteiger charge is -2.60. The highest BCUT2D eigenvalue weighted by Gasteiger charge is 2.72. The van der Waals surface area contributed by atoms with Crippen LogP contribution < -0.4 is 0 Å². The van der Waals surface area contributed by atoms with E-state index in [-0.39, 0.29) is 41.3 Å². The van der Waals surface area contributed by atoms with E-state index in [1.807, 2.05) is 6.08 Å². The van der Waals surface area contributed by atoms with Crippen molar-refractivity contribution >= 4 is 5.78 Å². The van der Waals surface area contributed by atoms with E-state index in [1.165, 1.54) is 0 Å². The Labute approximate surface area is 152 Å².